The standard InChI is InChI=1S/C19H38O3Si2/c1-14-16(21-23(8,9)18(2,3)4)12-15(20)13-17(14)22-24(10,11)19(5,6)7/h16-17H,1,12-13H2,2-11H3. The lowest BCUT2D eigenvalue weighted by molar-refractivity contribution is -0.123. The van der Waals surface area contributed by atoms with Gasteiger partial charge in [-0.05, 0) is 41.8 Å². The van der Waals surface area contributed by atoms with Gasteiger partial charge in [0.05, 0.1) is 12.2 Å². The number of Topliss-reactive ketones (excluding diaryl/α,β-unsaturated/α-hetero) is 1. The van der Waals surface area contributed by atoms with E-state index in [2.05, 4.69) is 74.3 Å². The van der Waals surface area contributed by atoms with Gasteiger partial charge < -0.3 is 8.85 Å². The summed E-state index contributed by atoms with van der Waals surface area (Å²) < 4.78 is 13.0. The average molecular weight is 371 g/mol. The molecule has 2 unspecified atom stereocenters. The molecule has 1 fully saturated rings. The van der Waals surface area contributed by atoms with Crippen LogP contribution >= 0.6 is 0 Å². The molecule has 0 radical (unpaired) electrons. The predicted molar refractivity (Wildman–Crippen MR) is 108 cm³/mol. The summed E-state index contributed by atoms with van der Waals surface area (Å²) in [5.74, 6) is 0.231. The molecule has 0 N–H and O–H groups in total. The minimum atomic E-state index is -1.95. The largest absolute Gasteiger partial charge is 0.410 e. The number of hydrogen-bond donors (Lipinski definition) is 0. The summed E-state index contributed by atoms with van der Waals surface area (Å²) in [6.07, 6.45) is 0.509. The maximum Gasteiger partial charge on any atom is 0.192 e. The third-order valence-corrected chi connectivity index (χ3v) is 15.1. The fraction of sp³-hybridized carbons (Fsp3) is 0.842. The van der Waals surface area contributed by atoms with Crippen LogP contribution in [0.2, 0.25) is 36.3 Å². The molecule has 0 heterocycles. The molecule has 0 bridgehead atoms. The monoisotopic (exact) mass is 370 g/mol. The zero-order chi connectivity index (χ0) is 19.1. The van der Waals surface area contributed by atoms with Gasteiger partial charge in [0.15, 0.2) is 16.6 Å². The van der Waals surface area contributed by atoms with Gasteiger partial charge in [-0.3, -0.25) is 4.79 Å². The summed E-state index contributed by atoms with van der Waals surface area (Å²) in [7, 11) is -3.89. The van der Waals surface area contributed by atoms with Crippen LogP contribution < -0.4 is 0 Å². The Morgan fingerprint density at radius 2 is 1.12 bits per heavy atom. The van der Waals surface area contributed by atoms with Crippen molar-refractivity contribution in [2.75, 3.05) is 0 Å². The van der Waals surface area contributed by atoms with Gasteiger partial charge in [0.25, 0.3) is 0 Å². The van der Waals surface area contributed by atoms with Crippen LogP contribution in [0.5, 0.6) is 0 Å². The molecule has 140 valence electrons. The number of ketones is 1. The van der Waals surface area contributed by atoms with Crippen molar-refractivity contribution in [1.82, 2.24) is 0 Å². The van der Waals surface area contributed by atoms with Gasteiger partial charge in [0, 0.05) is 12.8 Å². The summed E-state index contributed by atoms with van der Waals surface area (Å²) >= 11 is 0. The highest BCUT2D eigenvalue weighted by molar-refractivity contribution is 6.74. The van der Waals surface area contributed by atoms with E-state index in [1.807, 2.05) is 0 Å². The molecule has 0 aromatic heterocycles. The molecule has 1 aliphatic rings. The molecule has 0 aliphatic heterocycles. The van der Waals surface area contributed by atoms with E-state index in [9.17, 15) is 4.79 Å². The molecular formula is C19H38O3Si2. The van der Waals surface area contributed by atoms with Crippen LogP contribution in [0.3, 0.4) is 0 Å². The van der Waals surface area contributed by atoms with Crippen LogP contribution in [0, 0.1) is 0 Å². The lowest BCUT2D eigenvalue weighted by Gasteiger charge is -2.45. The second-order valence-electron chi connectivity index (χ2n) is 10.3. The van der Waals surface area contributed by atoms with E-state index in [0.29, 0.717) is 12.8 Å². The van der Waals surface area contributed by atoms with E-state index in [4.69, 9.17) is 8.85 Å². The van der Waals surface area contributed by atoms with Crippen LogP contribution in [-0.2, 0) is 13.6 Å². The molecule has 24 heavy (non-hydrogen) atoms. The normalized spacial score (nSPS) is 24.4. The first-order valence-electron chi connectivity index (χ1n) is 9.04. The highest BCUT2D eigenvalue weighted by Crippen LogP contribution is 2.42. The minimum absolute atomic E-state index is 0.115. The lowest BCUT2D eigenvalue weighted by atomic mass is 9.90. The van der Waals surface area contributed by atoms with E-state index in [1.165, 1.54) is 0 Å². The minimum Gasteiger partial charge on any atom is -0.410 e. The van der Waals surface area contributed by atoms with Crippen LogP contribution in [0.1, 0.15) is 54.4 Å². The van der Waals surface area contributed by atoms with Gasteiger partial charge in [-0.2, -0.15) is 0 Å². The number of carbonyl (C=O) groups is 1. The Balaban J connectivity index is 2.97. The molecule has 1 rings (SSSR count). The van der Waals surface area contributed by atoms with Gasteiger partial charge in [0.1, 0.15) is 5.78 Å². The van der Waals surface area contributed by atoms with E-state index in [1.54, 1.807) is 0 Å². The Bertz CT molecular complexity index is 454. The maximum absolute atomic E-state index is 12.3. The average Bonchev–Trinajstić information content (AvgIpc) is 2.31. The third kappa shape index (κ3) is 4.90. The Hall–Kier alpha value is -0.236. The molecule has 0 aromatic carbocycles. The first-order valence-corrected chi connectivity index (χ1v) is 14.9. The van der Waals surface area contributed by atoms with Gasteiger partial charge in [-0.25, -0.2) is 0 Å². The molecule has 0 spiro atoms. The molecule has 3 nitrogen and oxygen atoms in total. The van der Waals surface area contributed by atoms with E-state index < -0.39 is 16.6 Å². The highest BCUT2D eigenvalue weighted by Gasteiger charge is 2.45. The predicted octanol–water partition coefficient (Wildman–Crippen LogP) is 5.69. The summed E-state index contributed by atoms with van der Waals surface area (Å²) in [4.78, 5) is 12.3. The first kappa shape index (κ1) is 21.8. The van der Waals surface area contributed by atoms with E-state index >= 15 is 0 Å². The van der Waals surface area contributed by atoms with Crippen LogP contribution in [-0.4, -0.2) is 34.6 Å². The number of carbonyl (C=O) groups excluding carboxylic acids is 1. The maximum atomic E-state index is 12.3. The molecular weight excluding hydrogens is 332 g/mol. The quantitative estimate of drug-likeness (QED) is 0.471. The van der Waals surface area contributed by atoms with Gasteiger partial charge in [-0.15, -0.1) is 0 Å². The third-order valence-electron chi connectivity index (χ3n) is 6.14. The van der Waals surface area contributed by atoms with Crippen molar-refractivity contribution in [3.63, 3.8) is 0 Å². The fourth-order valence-corrected chi connectivity index (χ4v) is 4.87. The van der Waals surface area contributed by atoms with Crippen LogP contribution in [0.25, 0.3) is 0 Å². The molecule has 0 aromatic rings. The Kier molecular flexibility index (Phi) is 6.20. The summed E-state index contributed by atoms with van der Waals surface area (Å²) in [5, 5.41) is 0.229. The Morgan fingerprint density at radius 3 is 1.38 bits per heavy atom. The van der Waals surface area contributed by atoms with Crippen molar-refractivity contribution in [3.05, 3.63) is 12.2 Å². The van der Waals surface area contributed by atoms with Crippen LogP contribution in [0.15, 0.2) is 12.2 Å². The topological polar surface area (TPSA) is 35.5 Å². The molecule has 0 saturated heterocycles. The fourth-order valence-electron chi connectivity index (χ4n) is 2.27. The van der Waals surface area contributed by atoms with Gasteiger partial charge in [-0.1, -0.05) is 48.1 Å². The summed E-state index contributed by atoms with van der Waals surface area (Å²) in [5.41, 5.74) is 0.962. The molecule has 0 amide bonds. The van der Waals surface area contributed by atoms with Crippen molar-refractivity contribution in [2.45, 2.75) is 103 Å². The Labute approximate surface area is 151 Å². The van der Waals surface area contributed by atoms with Gasteiger partial charge >= 0.3 is 0 Å². The molecule has 1 aliphatic carbocycles. The SMILES string of the molecule is C=C1C(O[Si](C)(C)C(C)(C)C)CC(=O)CC1O[Si](C)(C)C(C)(C)C. The zero-order valence-electron chi connectivity index (χ0n) is 17.5. The Morgan fingerprint density at radius 1 is 0.833 bits per heavy atom. The zero-order valence-corrected chi connectivity index (χ0v) is 19.5. The highest BCUT2D eigenvalue weighted by atomic mass is 28.4. The lowest BCUT2D eigenvalue weighted by Crippen LogP contribution is -2.50. The van der Waals surface area contributed by atoms with Crippen molar-refractivity contribution in [3.8, 4) is 0 Å². The summed E-state index contributed by atoms with van der Waals surface area (Å²) in [6, 6.07) is 0. The second-order valence-corrected chi connectivity index (χ2v) is 19.8. The van der Waals surface area contributed by atoms with E-state index in [-0.39, 0.29) is 28.1 Å². The van der Waals surface area contributed by atoms with Crippen molar-refractivity contribution >= 4 is 22.4 Å². The molecule has 2 atom stereocenters. The number of hydrogen-bond acceptors (Lipinski definition) is 3. The van der Waals surface area contributed by atoms with Crippen LogP contribution in [0.4, 0.5) is 0 Å². The van der Waals surface area contributed by atoms with Crippen molar-refractivity contribution < 1.29 is 13.6 Å². The van der Waals surface area contributed by atoms with Crippen molar-refractivity contribution in [2.24, 2.45) is 0 Å². The second kappa shape index (κ2) is 6.82. The van der Waals surface area contributed by atoms with Crippen molar-refractivity contribution in [1.29, 1.82) is 0 Å². The summed E-state index contributed by atoms with van der Waals surface area (Å²) in [6.45, 7) is 26.5. The smallest absolute Gasteiger partial charge is 0.192 e. The first-order chi connectivity index (χ1) is 10.5. The van der Waals surface area contributed by atoms with E-state index in [0.717, 1.165) is 5.57 Å². The molecule has 1 saturated carbocycles. The van der Waals surface area contributed by atoms with Gasteiger partial charge in [0.2, 0.25) is 0 Å². The number of rotatable bonds is 4. The molecule has 5 heteroatoms.